The van der Waals surface area contributed by atoms with Crippen LogP contribution in [-0.2, 0) is 20.8 Å². The smallest absolute Gasteiger partial charge is 0.169 e. The second-order valence-corrected chi connectivity index (χ2v) is 6.47. The quantitative estimate of drug-likeness (QED) is 0.661. The molecule has 1 heterocycles. The fourth-order valence-corrected chi connectivity index (χ4v) is 2.97. The van der Waals surface area contributed by atoms with Gasteiger partial charge in [0, 0.05) is 0 Å². The summed E-state index contributed by atoms with van der Waals surface area (Å²) >= 11 is 0. The number of rotatable bonds is 9. The van der Waals surface area contributed by atoms with Crippen molar-refractivity contribution in [1.82, 2.24) is 0 Å². The molecule has 1 fully saturated rings. The first-order chi connectivity index (χ1) is 11.9. The van der Waals surface area contributed by atoms with Crippen molar-refractivity contribution < 1.29 is 29.2 Å². The van der Waals surface area contributed by atoms with Crippen LogP contribution in [0.2, 0.25) is 0 Å². The van der Waals surface area contributed by atoms with E-state index in [0.29, 0.717) is 13.2 Å². The highest BCUT2D eigenvalue weighted by Gasteiger charge is 2.49. The lowest BCUT2D eigenvalue weighted by atomic mass is 9.75. The highest BCUT2D eigenvalue weighted by Crippen LogP contribution is 2.41. The van der Waals surface area contributed by atoms with Crippen molar-refractivity contribution in [3.05, 3.63) is 42.0 Å². The van der Waals surface area contributed by atoms with Crippen molar-refractivity contribution >= 4 is 0 Å². The molecule has 0 saturated carbocycles. The van der Waals surface area contributed by atoms with Crippen molar-refractivity contribution in [2.24, 2.45) is 5.41 Å². The number of methoxy groups -OCH3 is 1. The van der Waals surface area contributed by atoms with E-state index in [9.17, 15) is 10.2 Å². The predicted octanol–water partition coefficient (Wildman–Crippen LogP) is 1.89. The van der Waals surface area contributed by atoms with E-state index in [4.69, 9.17) is 18.9 Å². The molecule has 0 spiro atoms. The van der Waals surface area contributed by atoms with Gasteiger partial charge in [-0.15, -0.1) is 0 Å². The van der Waals surface area contributed by atoms with Gasteiger partial charge in [-0.25, -0.2) is 0 Å². The average molecular weight is 352 g/mol. The maximum atomic E-state index is 10.4. The van der Waals surface area contributed by atoms with Gasteiger partial charge < -0.3 is 29.2 Å². The lowest BCUT2D eigenvalue weighted by molar-refractivity contribution is -0.196. The van der Waals surface area contributed by atoms with E-state index < -0.39 is 30.5 Å². The van der Waals surface area contributed by atoms with Crippen LogP contribution in [0.5, 0.6) is 5.75 Å². The van der Waals surface area contributed by atoms with E-state index in [-0.39, 0.29) is 6.61 Å². The van der Waals surface area contributed by atoms with Crippen LogP contribution in [0.25, 0.3) is 0 Å². The van der Waals surface area contributed by atoms with Crippen molar-refractivity contribution in [3.63, 3.8) is 0 Å². The Morgan fingerprint density at radius 3 is 2.40 bits per heavy atom. The molecule has 6 heteroatoms. The summed E-state index contributed by atoms with van der Waals surface area (Å²) in [6.45, 7) is 8.56. The van der Waals surface area contributed by atoms with Gasteiger partial charge in [-0.3, -0.25) is 0 Å². The van der Waals surface area contributed by atoms with Gasteiger partial charge in [0.05, 0.1) is 45.1 Å². The minimum atomic E-state index is -1.09. The van der Waals surface area contributed by atoms with E-state index in [2.05, 4.69) is 6.58 Å². The molecule has 0 radical (unpaired) electrons. The summed E-state index contributed by atoms with van der Waals surface area (Å²) in [5.74, 6) is 0.759. The number of hydrogen-bond donors (Lipinski definition) is 2. The van der Waals surface area contributed by atoms with Crippen LogP contribution >= 0.6 is 0 Å². The molecule has 3 atom stereocenters. The van der Waals surface area contributed by atoms with E-state index in [1.165, 1.54) is 0 Å². The number of hydrogen-bond acceptors (Lipinski definition) is 6. The molecule has 1 aromatic rings. The number of ether oxygens (including phenoxy) is 4. The first-order valence-corrected chi connectivity index (χ1v) is 8.36. The zero-order valence-corrected chi connectivity index (χ0v) is 15.1. The zero-order valence-electron chi connectivity index (χ0n) is 15.1. The van der Waals surface area contributed by atoms with Crippen LogP contribution < -0.4 is 4.74 Å². The third kappa shape index (κ3) is 4.40. The minimum absolute atomic E-state index is 0.265. The summed E-state index contributed by atoms with van der Waals surface area (Å²) < 4.78 is 22.5. The molecule has 2 N–H and O–H groups in total. The summed E-state index contributed by atoms with van der Waals surface area (Å²) in [6, 6.07) is 7.47. The van der Waals surface area contributed by atoms with Gasteiger partial charge in [0.15, 0.2) is 6.29 Å². The Kier molecular flexibility index (Phi) is 6.98. The van der Waals surface area contributed by atoms with E-state index in [1.807, 2.05) is 38.1 Å². The lowest BCUT2D eigenvalue weighted by Gasteiger charge is -2.42. The van der Waals surface area contributed by atoms with Gasteiger partial charge >= 0.3 is 0 Å². The summed E-state index contributed by atoms with van der Waals surface area (Å²) in [6.07, 6.45) is -2.40. The number of benzene rings is 1. The third-order valence-electron chi connectivity index (χ3n) is 4.75. The standard InChI is InChI=1S/C19H28O6/c1-13(2)19(3,18-23-9-10-24-18)17(16(21)11-20)25-12-14-5-7-15(22-4)8-6-14/h5-8,16-18,20-21H,1,9-12H2,2-4H3/t16-,17+,19+/m1/s1. The molecule has 0 bridgehead atoms. The molecule has 1 aliphatic heterocycles. The van der Waals surface area contributed by atoms with Gasteiger partial charge in [0.25, 0.3) is 0 Å². The highest BCUT2D eigenvalue weighted by molar-refractivity contribution is 5.26. The Morgan fingerprint density at radius 2 is 1.92 bits per heavy atom. The monoisotopic (exact) mass is 352 g/mol. The van der Waals surface area contributed by atoms with E-state index >= 15 is 0 Å². The Balaban J connectivity index is 2.19. The van der Waals surface area contributed by atoms with E-state index in [0.717, 1.165) is 16.9 Å². The molecule has 6 nitrogen and oxygen atoms in total. The van der Waals surface area contributed by atoms with E-state index in [1.54, 1.807) is 7.11 Å². The fourth-order valence-electron chi connectivity index (χ4n) is 2.97. The van der Waals surface area contributed by atoms with Crippen LogP contribution in [0.4, 0.5) is 0 Å². The van der Waals surface area contributed by atoms with Gasteiger partial charge in [-0.05, 0) is 31.5 Å². The molecule has 0 aromatic heterocycles. The van der Waals surface area contributed by atoms with Crippen molar-refractivity contribution in [1.29, 1.82) is 0 Å². The average Bonchev–Trinajstić information content (AvgIpc) is 3.16. The topological polar surface area (TPSA) is 77.4 Å². The lowest BCUT2D eigenvalue weighted by Crippen LogP contribution is -2.52. The molecule has 25 heavy (non-hydrogen) atoms. The molecule has 1 aromatic carbocycles. The molecule has 1 saturated heterocycles. The summed E-state index contributed by atoms with van der Waals surface area (Å²) in [5.41, 5.74) is 0.880. The molecule has 0 amide bonds. The minimum Gasteiger partial charge on any atom is -0.497 e. The Bertz CT molecular complexity index is 552. The van der Waals surface area contributed by atoms with Gasteiger partial charge in [-0.2, -0.15) is 0 Å². The molecular weight excluding hydrogens is 324 g/mol. The van der Waals surface area contributed by atoms with Gasteiger partial charge in [0.1, 0.15) is 11.9 Å². The summed E-state index contributed by atoms with van der Waals surface area (Å²) in [7, 11) is 1.61. The molecule has 140 valence electrons. The molecule has 0 unspecified atom stereocenters. The number of aliphatic hydroxyl groups is 2. The Labute approximate surface area is 149 Å². The Morgan fingerprint density at radius 1 is 1.32 bits per heavy atom. The molecule has 2 rings (SSSR count). The number of aliphatic hydroxyl groups excluding tert-OH is 2. The third-order valence-corrected chi connectivity index (χ3v) is 4.75. The second kappa shape index (κ2) is 8.78. The highest BCUT2D eigenvalue weighted by atomic mass is 16.7. The first-order valence-electron chi connectivity index (χ1n) is 8.36. The largest absolute Gasteiger partial charge is 0.497 e. The Hall–Kier alpha value is -1.44. The predicted molar refractivity (Wildman–Crippen MR) is 93.3 cm³/mol. The zero-order chi connectivity index (χ0) is 18.4. The van der Waals surface area contributed by atoms with Gasteiger partial charge in [0.2, 0.25) is 0 Å². The van der Waals surface area contributed by atoms with Crippen LogP contribution in [0.1, 0.15) is 19.4 Å². The van der Waals surface area contributed by atoms with Crippen molar-refractivity contribution in [3.8, 4) is 5.75 Å². The van der Waals surface area contributed by atoms with Crippen LogP contribution in [0, 0.1) is 5.41 Å². The maximum Gasteiger partial charge on any atom is 0.169 e. The molecular formula is C19H28O6. The summed E-state index contributed by atoms with van der Waals surface area (Å²) in [5, 5.41) is 19.9. The molecule has 0 aliphatic carbocycles. The van der Waals surface area contributed by atoms with Gasteiger partial charge in [-0.1, -0.05) is 24.3 Å². The van der Waals surface area contributed by atoms with Crippen LogP contribution in [0.15, 0.2) is 36.4 Å². The molecule has 1 aliphatic rings. The van der Waals surface area contributed by atoms with Crippen LogP contribution in [-0.4, -0.2) is 55.6 Å². The summed E-state index contributed by atoms with van der Waals surface area (Å²) in [4.78, 5) is 0. The normalized spacial score (nSPS) is 20.0. The van der Waals surface area contributed by atoms with Crippen molar-refractivity contribution in [2.45, 2.75) is 39.0 Å². The first kappa shape index (κ1) is 19.9. The maximum absolute atomic E-state index is 10.4. The van der Waals surface area contributed by atoms with Crippen molar-refractivity contribution in [2.75, 3.05) is 26.9 Å². The van der Waals surface area contributed by atoms with Crippen LogP contribution in [0.3, 0.4) is 0 Å². The second-order valence-electron chi connectivity index (χ2n) is 6.47. The fraction of sp³-hybridized carbons (Fsp3) is 0.579. The SMILES string of the molecule is C=C(C)[C@](C)(C1OCCO1)[C@@H](OCc1ccc(OC)cc1)[C@H](O)CO.